The van der Waals surface area contributed by atoms with Crippen LogP contribution in [-0.2, 0) is 6.42 Å². The second-order valence-corrected chi connectivity index (χ2v) is 7.87. The Balaban J connectivity index is 2.04. The highest BCUT2D eigenvalue weighted by atomic mass is 19.1. The molecule has 0 saturated heterocycles. The lowest BCUT2D eigenvalue weighted by Crippen LogP contribution is -2.20. The summed E-state index contributed by atoms with van der Waals surface area (Å²) in [6, 6.07) is 8.41. The van der Waals surface area contributed by atoms with Crippen molar-refractivity contribution in [1.29, 1.82) is 0 Å². The summed E-state index contributed by atoms with van der Waals surface area (Å²) < 4.78 is 26.0. The summed E-state index contributed by atoms with van der Waals surface area (Å²) in [4.78, 5) is 9.03. The maximum absolute atomic E-state index is 14.3. The molecule has 4 rings (SSSR count). The second-order valence-electron chi connectivity index (χ2n) is 7.87. The molecule has 0 saturated carbocycles. The van der Waals surface area contributed by atoms with E-state index >= 15 is 0 Å². The summed E-state index contributed by atoms with van der Waals surface area (Å²) >= 11 is 0. The van der Waals surface area contributed by atoms with E-state index in [-0.39, 0.29) is 11.6 Å². The lowest BCUT2D eigenvalue weighted by molar-refractivity contribution is 0.227. The van der Waals surface area contributed by atoms with Crippen molar-refractivity contribution in [3.05, 3.63) is 70.8 Å². The highest BCUT2D eigenvalue weighted by Crippen LogP contribution is 2.37. The maximum Gasteiger partial charge on any atom is 0.166 e. The van der Waals surface area contributed by atoms with Gasteiger partial charge in [0.2, 0.25) is 0 Å². The van der Waals surface area contributed by atoms with Crippen molar-refractivity contribution in [2.24, 2.45) is 5.73 Å². The first kappa shape index (κ1) is 22.5. The van der Waals surface area contributed by atoms with E-state index in [4.69, 9.17) is 20.9 Å². The van der Waals surface area contributed by atoms with Crippen LogP contribution >= 0.6 is 0 Å². The van der Waals surface area contributed by atoms with Crippen LogP contribution in [0.2, 0.25) is 0 Å². The normalized spacial score (nSPS) is 17.7. The van der Waals surface area contributed by atoms with E-state index in [1.165, 1.54) is 12.1 Å². The average Bonchev–Trinajstić information content (AvgIpc) is 2.82. The number of fused-ring (bicyclic) bond motifs is 5. The Kier molecular flexibility index (Phi) is 6.46. The van der Waals surface area contributed by atoms with Gasteiger partial charge in [0.15, 0.2) is 11.6 Å². The van der Waals surface area contributed by atoms with Gasteiger partial charge >= 0.3 is 0 Å². The number of aromatic nitrogens is 2. The molecule has 33 heavy (non-hydrogen) atoms. The van der Waals surface area contributed by atoms with Gasteiger partial charge in [-0.3, -0.25) is 4.98 Å². The number of anilines is 1. The van der Waals surface area contributed by atoms with Gasteiger partial charge in [-0.25, -0.2) is 9.37 Å². The number of nitrogens with one attached hydrogen (secondary N) is 1. The third kappa shape index (κ3) is 4.47. The van der Waals surface area contributed by atoms with E-state index in [0.717, 1.165) is 33.7 Å². The van der Waals surface area contributed by atoms with Crippen molar-refractivity contribution >= 4 is 11.5 Å². The molecule has 3 heterocycles. The first-order valence-electron chi connectivity index (χ1n) is 10.9. The van der Waals surface area contributed by atoms with Crippen LogP contribution in [0.5, 0.6) is 11.5 Å². The molecule has 0 aliphatic carbocycles. The van der Waals surface area contributed by atoms with Crippen molar-refractivity contribution in [1.82, 2.24) is 15.3 Å². The molecule has 1 atom stereocenters. The summed E-state index contributed by atoms with van der Waals surface area (Å²) in [7, 11) is 1.60. The molecular weight excluding hydrogens is 421 g/mol. The fourth-order valence-corrected chi connectivity index (χ4v) is 4.10. The summed E-state index contributed by atoms with van der Waals surface area (Å²) in [5, 5.41) is 3.42. The van der Waals surface area contributed by atoms with Crippen LogP contribution in [0.15, 0.2) is 48.3 Å². The molecule has 8 heteroatoms. The van der Waals surface area contributed by atoms with Gasteiger partial charge in [-0.15, -0.1) is 0 Å². The number of pyridine rings is 2. The molecule has 1 aliphatic rings. The van der Waals surface area contributed by atoms with E-state index in [2.05, 4.69) is 15.3 Å². The number of benzene rings is 1. The SMILES string of the molecule is CCN/C1=C(\CN)Cc2cc(OC)cnc2-c2ccc(F)cc2C(C)Oc2cc1cnc2N. The Bertz CT molecular complexity index is 1210. The van der Waals surface area contributed by atoms with Crippen LogP contribution in [-0.4, -0.2) is 30.2 Å². The molecule has 2 bridgehead atoms. The molecule has 7 nitrogen and oxygen atoms in total. The number of hydrogen-bond donors (Lipinski definition) is 3. The number of ether oxygens (including phenoxy) is 2. The number of hydrogen-bond acceptors (Lipinski definition) is 7. The summed E-state index contributed by atoms with van der Waals surface area (Å²) in [5.74, 6) is 0.953. The summed E-state index contributed by atoms with van der Waals surface area (Å²) in [5.41, 5.74) is 18.1. The van der Waals surface area contributed by atoms with E-state index < -0.39 is 6.10 Å². The van der Waals surface area contributed by atoms with Crippen LogP contribution in [0.25, 0.3) is 17.0 Å². The van der Waals surface area contributed by atoms with Gasteiger partial charge in [-0.1, -0.05) is 0 Å². The Morgan fingerprint density at radius 1 is 1.21 bits per heavy atom. The molecule has 1 aliphatic heterocycles. The molecule has 0 amide bonds. The fourth-order valence-electron chi connectivity index (χ4n) is 4.10. The van der Waals surface area contributed by atoms with Crippen LogP contribution < -0.4 is 26.3 Å². The van der Waals surface area contributed by atoms with E-state index in [1.54, 1.807) is 25.6 Å². The Hall–Kier alpha value is -3.65. The number of nitrogens with two attached hydrogens (primary N) is 2. The van der Waals surface area contributed by atoms with Crippen molar-refractivity contribution < 1.29 is 13.9 Å². The third-order valence-electron chi connectivity index (χ3n) is 5.72. The Labute approximate surface area is 192 Å². The molecule has 5 N–H and O–H groups in total. The standard InChI is InChI=1S/C25H28FN5O2/c1-4-29-23-16(11-27)7-15-8-19(32-3)13-30-24(15)20-6-5-18(26)10-21(20)14(2)33-22-9-17(23)12-31-25(22)28/h5-6,8-10,12-14,29H,4,7,11,27H2,1-3H3,(H2,28,31)/b23-16-. The smallest absolute Gasteiger partial charge is 0.166 e. The lowest BCUT2D eigenvalue weighted by Gasteiger charge is -2.24. The van der Waals surface area contributed by atoms with Gasteiger partial charge in [-0.05, 0) is 61.7 Å². The molecule has 2 aromatic heterocycles. The average molecular weight is 450 g/mol. The van der Waals surface area contributed by atoms with Gasteiger partial charge in [0.05, 0.1) is 19.0 Å². The zero-order chi connectivity index (χ0) is 23.5. The molecule has 1 aromatic carbocycles. The Morgan fingerprint density at radius 2 is 2.03 bits per heavy atom. The fraction of sp³-hybridized carbons (Fsp3) is 0.280. The first-order chi connectivity index (χ1) is 15.9. The minimum atomic E-state index is -0.508. The number of halogens is 1. The summed E-state index contributed by atoms with van der Waals surface area (Å²) in [6.07, 6.45) is 3.37. The zero-order valence-electron chi connectivity index (χ0n) is 19.0. The first-order valence-corrected chi connectivity index (χ1v) is 10.9. The lowest BCUT2D eigenvalue weighted by atomic mass is 9.92. The monoisotopic (exact) mass is 449 g/mol. The number of nitrogen functional groups attached to an aromatic ring is 1. The topological polar surface area (TPSA) is 108 Å². The van der Waals surface area contributed by atoms with Crippen LogP contribution in [0.3, 0.4) is 0 Å². The van der Waals surface area contributed by atoms with Gasteiger partial charge in [0.25, 0.3) is 0 Å². The van der Waals surface area contributed by atoms with Gasteiger partial charge in [-0.2, -0.15) is 0 Å². The van der Waals surface area contributed by atoms with E-state index in [9.17, 15) is 4.39 Å². The van der Waals surface area contributed by atoms with Crippen molar-refractivity contribution in [3.63, 3.8) is 0 Å². The molecule has 172 valence electrons. The second kappa shape index (κ2) is 9.46. The van der Waals surface area contributed by atoms with Gasteiger partial charge in [0, 0.05) is 41.7 Å². The number of rotatable bonds is 4. The van der Waals surface area contributed by atoms with Crippen molar-refractivity contribution in [2.75, 3.05) is 25.9 Å². The summed E-state index contributed by atoms with van der Waals surface area (Å²) in [6.45, 7) is 4.88. The van der Waals surface area contributed by atoms with Crippen molar-refractivity contribution in [2.45, 2.75) is 26.4 Å². The Morgan fingerprint density at radius 3 is 2.76 bits per heavy atom. The molecule has 0 radical (unpaired) electrons. The van der Waals surface area contributed by atoms with Crippen LogP contribution in [0.1, 0.15) is 36.6 Å². The predicted molar refractivity (Wildman–Crippen MR) is 127 cm³/mol. The quantitative estimate of drug-likeness (QED) is 0.555. The highest BCUT2D eigenvalue weighted by molar-refractivity contribution is 5.73. The molecule has 1 unspecified atom stereocenters. The number of methoxy groups -OCH3 is 1. The van der Waals surface area contributed by atoms with E-state index in [0.29, 0.717) is 36.6 Å². The minimum Gasteiger partial charge on any atom is -0.495 e. The highest BCUT2D eigenvalue weighted by Gasteiger charge is 2.22. The van der Waals surface area contributed by atoms with Gasteiger partial charge in [0.1, 0.15) is 17.7 Å². The molecule has 0 fully saturated rings. The predicted octanol–water partition coefficient (Wildman–Crippen LogP) is 3.85. The van der Waals surface area contributed by atoms with Crippen molar-refractivity contribution in [3.8, 4) is 22.8 Å². The number of nitrogens with zero attached hydrogens (tertiary/aromatic N) is 2. The minimum absolute atomic E-state index is 0.258. The molecule has 0 spiro atoms. The largest absolute Gasteiger partial charge is 0.495 e. The molecular formula is C25H28FN5O2. The maximum atomic E-state index is 14.3. The van der Waals surface area contributed by atoms with E-state index in [1.807, 2.05) is 26.0 Å². The molecule has 3 aromatic rings. The third-order valence-corrected chi connectivity index (χ3v) is 5.72. The van der Waals surface area contributed by atoms with Gasteiger partial charge < -0.3 is 26.3 Å². The van der Waals surface area contributed by atoms with Crippen LogP contribution in [0, 0.1) is 5.82 Å². The zero-order valence-corrected chi connectivity index (χ0v) is 19.0. The van der Waals surface area contributed by atoms with Crippen LogP contribution in [0.4, 0.5) is 10.2 Å².